The number of fused-ring (bicyclic) bond motifs is 6. The highest BCUT2D eigenvalue weighted by Crippen LogP contribution is 2.51. The number of aryl methyl sites for hydroxylation is 4. The molecule has 34 heavy (non-hydrogen) atoms. The molecule has 0 heterocycles. The van der Waals surface area contributed by atoms with E-state index < -0.39 is 0 Å². The van der Waals surface area contributed by atoms with Crippen LogP contribution in [0.4, 0.5) is 0 Å². The zero-order valence-corrected chi connectivity index (χ0v) is 21.2. The average molecular weight is 445 g/mol. The predicted octanol–water partition coefficient (Wildman–Crippen LogP) is 9.47. The Morgan fingerprint density at radius 2 is 1.03 bits per heavy atom. The van der Waals surface area contributed by atoms with Crippen LogP contribution in [0.25, 0.3) is 32.7 Å². The number of rotatable bonds is 2. The van der Waals surface area contributed by atoms with Crippen molar-refractivity contribution >= 4 is 32.7 Å². The maximum atomic E-state index is 2.43. The van der Waals surface area contributed by atoms with Gasteiger partial charge in [-0.1, -0.05) is 85.6 Å². The molecule has 0 aromatic heterocycles. The van der Waals surface area contributed by atoms with Gasteiger partial charge < -0.3 is 0 Å². The highest BCUT2D eigenvalue weighted by atomic mass is 14.4. The molecule has 0 saturated carbocycles. The summed E-state index contributed by atoms with van der Waals surface area (Å²) in [6.07, 6.45) is 7.39. The summed E-state index contributed by atoms with van der Waals surface area (Å²) >= 11 is 0. The Morgan fingerprint density at radius 1 is 0.588 bits per heavy atom. The first-order valence-electron chi connectivity index (χ1n) is 13.4. The third-order valence-electron chi connectivity index (χ3n) is 8.68. The van der Waals surface area contributed by atoms with E-state index in [0.29, 0.717) is 11.8 Å². The van der Waals surface area contributed by atoms with Gasteiger partial charge in [0.1, 0.15) is 0 Å². The molecule has 172 valence electrons. The third kappa shape index (κ3) is 3.34. The maximum absolute atomic E-state index is 2.43. The molecular weight excluding hydrogens is 408 g/mol. The van der Waals surface area contributed by atoms with Crippen molar-refractivity contribution in [2.24, 2.45) is 11.8 Å². The Balaban J connectivity index is 1.77. The van der Waals surface area contributed by atoms with Crippen LogP contribution in [0.1, 0.15) is 72.9 Å². The second-order valence-electron chi connectivity index (χ2n) is 10.8. The van der Waals surface area contributed by atoms with Crippen LogP contribution in [0.5, 0.6) is 0 Å². The zero-order valence-electron chi connectivity index (χ0n) is 21.2. The highest BCUT2D eigenvalue weighted by Gasteiger charge is 2.33. The van der Waals surface area contributed by atoms with Crippen LogP contribution in [-0.4, -0.2) is 0 Å². The van der Waals surface area contributed by atoms with E-state index in [1.165, 1.54) is 71.2 Å². The Labute approximate surface area is 204 Å². The minimum atomic E-state index is 0.634. The van der Waals surface area contributed by atoms with Crippen molar-refractivity contribution < 1.29 is 0 Å². The van der Waals surface area contributed by atoms with Gasteiger partial charge in [-0.15, -0.1) is 0 Å². The van der Waals surface area contributed by atoms with Crippen LogP contribution in [0, 0.1) is 25.7 Å². The van der Waals surface area contributed by atoms with Crippen molar-refractivity contribution in [3.05, 3.63) is 94.0 Å². The molecule has 2 aliphatic rings. The first-order valence-corrected chi connectivity index (χ1v) is 13.4. The molecule has 0 aliphatic heterocycles. The lowest BCUT2D eigenvalue weighted by Crippen LogP contribution is -2.21. The zero-order chi connectivity index (χ0) is 23.4. The van der Waals surface area contributed by atoms with Gasteiger partial charge >= 0.3 is 0 Å². The molecule has 0 heteroatoms. The summed E-state index contributed by atoms with van der Waals surface area (Å²) in [6, 6.07) is 23.8. The van der Waals surface area contributed by atoms with E-state index in [-0.39, 0.29) is 0 Å². The van der Waals surface area contributed by atoms with Gasteiger partial charge in [0.2, 0.25) is 0 Å². The Morgan fingerprint density at radius 3 is 1.44 bits per heavy atom. The lowest BCUT2D eigenvalue weighted by Gasteiger charge is -2.37. The quantitative estimate of drug-likeness (QED) is 0.289. The first kappa shape index (κ1) is 21.7. The molecule has 0 spiro atoms. The molecule has 0 nitrogen and oxygen atoms in total. The smallest absolute Gasteiger partial charge is 0.0105 e. The summed E-state index contributed by atoms with van der Waals surface area (Å²) in [5.41, 5.74) is 12.3. The molecule has 6 rings (SSSR count). The van der Waals surface area contributed by atoms with Crippen LogP contribution in [0.3, 0.4) is 0 Å². The number of allylic oxidation sites excluding steroid dienone is 2. The van der Waals surface area contributed by atoms with Crippen molar-refractivity contribution in [3.63, 3.8) is 0 Å². The van der Waals surface area contributed by atoms with Gasteiger partial charge in [-0.05, 0) is 119 Å². The fourth-order valence-corrected chi connectivity index (χ4v) is 6.92. The Hall–Kier alpha value is -2.86. The van der Waals surface area contributed by atoms with Gasteiger partial charge in [-0.25, -0.2) is 0 Å². The number of hydrogen-bond acceptors (Lipinski definition) is 0. The van der Waals surface area contributed by atoms with Crippen molar-refractivity contribution in [1.82, 2.24) is 0 Å². The predicted molar refractivity (Wildman–Crippen MR) is 148 cm³/mol. The van der Waals surface area contributed by atoms with E-state index >= 15 is 0 Å². The molecule has 0 radical (unpaired) electrons. The lowest BCUT2D eigenvalue weighted by atomic mass is 9.67. The highest BCUT2D eigenvalue weighted by molar-refractivity contribution is 6.09. The topological polar surface area (TPSA) is 0 Å². The van der Waals surface area contributed by atoms with E-state index in [0.717, 1.165) is 0 Å². The van der Waals surface area contributed by atoms with Gasteiger partial charge in [-0.2, -0.15) is 0 Å². The minimum Gasteiger partial charge on any atom is -0.0648 e. The van der Waals surface area contributed by atoms with Gasteiger partial charge in [-0.3, -0.25) is 0 Å². The van der Waals surface area contributed by atoms with Gasteiger partial charge in [0, 0.05) is 0 Å². The third-order valence-corrected chi connectivity index (χ3v) is 8.68. The van der Waals surface area contributed by atoms with Crippen molar-refractivity contribution in [2.45, 2.75) is 66.2 Å². The fourth-order valence-electron chi connectivity index (χ4n) is 6.92. The van der Waals surface area contributed by atoms with Crippen LogP contribution >= 0.6 is 0 Å². The largest absolute Gasteiger partial charge is 0.0648 e. The molecule has 2 aliphatic carbocycles. The monoisotopic (exact) mass is 444 g/mol. The molecule has 2 atom stereocenters. The van der Waals surface area contributed by atoms with Crippen LogP contribution in [0.2, 0.25) is 0 Å². The van der Waals surface area contributed by atoms with Crippen LogP contribution in [0.15, 0.2) is 60.7 Å². The molecule has 0 N–H and O–H groups in total. The molecule has 0 saturated heterocycles. The van der Waals surface area contributed by atoms with E-state index in [2.05, 4.69) is 88.4 Å². The van der Waals surface area contributed by atoms with Gasteiger partial charge in [0.05, 0.1) is 0 Å². The number of hydrogen-bond donors (Lipinski definition) is 0. The van der Waals surface area contributed by atoms with Gasteiger partial charge in [0.25, 0.3) is 0 Å². The summed E-state index contributed by atoms with van der Waals surface area (Å²) in [7, 11) is 0. The van der Waals surface area contributed by atoms with Crippen molar-refractivity contribution in [1.29, 1.82) is 0 Å². The Kier molecular flexibility index (Phi) is 5.36. The maximum Gasteiger partial charge on any atom is -0.0105 e. The first-order chi connectivity index (χ1) is 16.6. The van der Waals surface area contributed by atoms with Crippen LogP contribution < -0.4 is 0 Å². The summed E-state index contributed by atoms with van der Waals surface area (Å²) in [5.74, 6) is 1.27. The second-order valence-corrected chi connectivity index (χ2v) is 10.8. The molecule has 0 unspecified atom stereocenters. The van der Waals surface area contributed by atoms with E-state index in [4.69, 9.17) is 0 Å². The fraction of sp³-hybridized carbons (Fsp3) is 0.353. The van der Waals surface area contributed by atoms with Crippen molar-refractivity contribution in [3.8, 4) is 0 Å². The molecule has 4 aromatic carbocycles. The number of benzene rings is 4. The molecule has 0 bridgehead atoms. The van der Waals surface area contributed by atoms with Gasteiger partial charge in [0.15, 0.2) is 0 Å². The molecule has 0 fully saturated rings. The molecule has 4 aromatic rings. The minimum absolute atomic E-state index is 0.634. The van der Waals surface area contributed by atoms with E-state index in [1.54, 1.807) is 33.4 Å². The second kappa shape index (κ2) is 8.42. The van der Waals surface area contributed by atoms with E-state index in [9.17, 15) is 0 Å². The average Bonchev–Trinajstić information content (AvgIpc) is 2.86. The summed E-state index contributed by atoms with van der Waals surface area (Å²) in [6.45, 7) is 9.24. The van der Waals surface area contributed by atoms with Crippen molar-refractivity contribution in [2.75, 3.05) is 0 Å². The summed E-state index contributed by atoms with van der Waals surface area (Å²) in [4.78, 5) is 0. The summed E-state index contributed by atoms with van der Waals surface area (Å²) < 4.78 is 0. The van der Waals surface area contributed by atoms with Crippen LogP contribution in [-0.2, 0) is 12.8 Å². The lowest BCUT2D eigenvalue weighted by molar-refractivity contribution is 0.548. The standard InChI is InChI=1S/C34H36/c1-5-23-9-11-25-13-15-27-19-21(3)7-17-29(27)31(25)33(23)34-24(6-2)10-12-26-14-16-28-20-22(4)8-18-30(28)32(26)34/h7-8,13-20,23-24H,5-6,9-12H2,1-4H3/b34-33-/t23-,24-/m1/s1. The molecular formula is C34H36. The Bertz CT molecular complexity index is 1340. The van der Waals surface area contributed by atoms with E-state index in [1.807, 2.05) is 0 Å². The summed E-state index contributed by atoms with van der Waals surface area (Å²) in [5, 5.41) is 5.71. The molecule has 0 amide bonds. The SMILES string of the molecule is CC[C@@H]1CCc2ccc3cc(C)ccc3c2/C1=C1\c2c(ccc3cc(C)ccc23)CC[C@H]1CC. The normalized spacial score (nSPS) is 22.1.